The molecular formula is C26H20N6O2S. The van der Waals surface area contributed by atoms with E-state index in [0.717, 1.165) is 22.0 Å². The molecule has 9 heteroatoms. The van der Waals surface area contributed by atoms with E-state index in [0.29, 0.717) is 17.0 Å². The Morgan fingerprint density at radius 2 is 1.63 bits per heavy atom. The molecule has 0 spiro atoms. The van der Waals surface area contributed by atoms with Crippen LogP contribution in [0.25, 0.3) is 27.6 Å². The van der Waals surface area contributed by atoms with E-state index in [9.17, 15) is 9.59 Å². The Labute approximate surface area is 205 Å². The summed E-state index contributed by atoms with van der Waals surface area (Å²) in [5, 5.41) is 7.17. The van der Waals surface area contributed by atoms with Crippen molar-refractivity contribution in [1.82, 2.24) is 30.6 Å². The third kappa shape index (κ3) is 5.15. The van der Waals surface area contributed by atoms with Gasteiger partial charge in [0.05, 0.1) is 29.1 Å². The lowest BCUT2D eigenvalue weighted by Crippen LogP contribution is -2.42. The second-order valence-corrected chi connectivity index (χ2v) is 8.43. The number of rotatable bonds is 6. The van der Waals surface area contributed by atoms with E-state index in [1.54, 1.807) is 17.1 Å². The van der Waals surface area contributed by atoms with Crippen LogP contribution in [-0.2, 0) is 11.2 Å². The number of carbonyl (C=O) groups is 2. The zero-order valence-corrected chi connectivity index (χ0v) is 19.3. The molecule has 8 nitrogen and oxygen atoms in total. The third-order valence-corrected chi connectivity index (χ3v) is 6.03. The lowest BCUT2D eigenvalue weighted by molar-refractivity contribution is -0.121. The summed E-state index contributed by atoms with van der Waals surface area (Å²) < 4.78 is 1.65. The molecule has 0 atom stereocenters. The molecule has 0 bridgehead atoms. The molecule has 2 amide bonds. The summed E-state index contributed by atoms with van der Waals surface area (Å²) >= 11 is 1.41. The molecule has 0 aliphatic heterocycles. The zero-order valence-electron chi connectivity index (χ0n) is 18.5. The molecule has 3 aromatic heterocycles. The van der Waals surface area contributed by atoms with Crippen molar-refractivity contribution in [1.29, 1.82) is 0 Å². The molecule has 0 aliphatic rings. The largest absolute Gasteiger partial charge is 0.273 e. The minimum Gasteiger partial charge on any atom is -0.273 e. The van der Waals surface area contributed by atoms with Gasteiger partial charge in [0.1, 0.15) is 10.7 Å². The van der Waals surface area contributed by atoms with Crippen molar-refractivity contribution in [3.8, 4) is 27.6 Å². The van der Waals surface area contributed by atoms with Gasteiger partial charge in [-0.3, -0.25) is 25.4 Å². The minimum absolute atomic E-state index is 0.0262. The molecule has 0 aliphatic carbocycles. The molecule has 0 unspecified atom stereocenters. The molecule has 172 valence electrons. The molecule has 0 fully saturated rings. The molecule has 0 radical (unpaired) electrons. The quantitative estimate of drug-likeness (QED) is 0.357. The van der Waals surface area contributed by atoms with Gasteiger partial charge in [0.2, 0.25) is 5.91 Å². The van der Waals surface area contributed by atoms with E-state index < -0.39 is 5.91 Å². The number of hydrazine groups is 1. The Bertz CT molecular complexity index is 1450. The van der Waals surface area contributed by atoms with Crippen molar-refractivity contribution >= 4 is 23.2 Å². The van der Waals surface area contributed by atoms with Crippen LogP contribution >= 0.6 is 11.3 Å². The summed E-state index contributed by atoms with van der Waals surface area (Å²) in [5.74, 6) is -0.847. The Morgan fingerprint density at radius 1 is 0.886 bits per heavy atom. The van der Waals surface area contributed by atoms with Crippen molar-refractivity contribution < 1.29 is 9.59 Å². The fourth-order valence-corrected chi connectivity index (χ4v) is 4.26. The first-order chi connectivity index (χ1) is 17.2. The Kier molecular flexibility index (Phi) is 6.40. The van der Waals surface area contributed by atoms with E-state index >= 15 is 0 Å². The van der Waals surface area contributed by atoms with E-state index in [-0.39, 0.29) is 12.3 Å². The number of nitrogens with zero attached hydrogens (tertiary/aromatic N) is 4. The first-order valence-electron chi connectivity index (χ1n) is 10.8. The maximum Gasteiger partial charge on any atom is 0.273 e. The van der Waals surface area contributed by atoms with Crippen LogP contribution < -0.4 is 10.9 Å². The predicted molar refractivity (Wildman–Crippen MR) is 134 cm³/mol. The first kappa shape index (κ1) is 22.2. The third-order valence-electron chi connectivity index (χ3n) is 5.12. The highest BCUT2D eigenvalue weighted by atomic mass is 32.1. The average Bonchev–Trinajstić information content (AvgIpc) is 3.57. The standard InChI is InChI=1S/C26H20N6O2S/c33-23(15-19-17-35-26(28-19)22-13-7-8-14-27-22)29-30-25(34)21-16-32(20-11-5-2-6-12-20)31-24(21)18-9-3-1-4-10-18/h1-14,16-17H,15H2,(H,29,33)(H,30,34). The van der Waals surface area contributed by atoms with Crippen molar-refractivity contribution in [3.05, 3.63) is 108 Å². The monoisotopic (exact) mass is 480 g/mol. The summed E-state index contributed by atoms with van der Waals surface area (Å²) in [4.78, 5) is 34.2. The SMILES string of the molecule is O=C(Cc1csc(-c2ccccn2)n1)NNC(=O)c1cn(-c2ccccc2)nc1-c1ccccc1. The first-order valence-corrected chi connectivity index (χ1v) is 11.7. The van der Waals surface area contributed by atoms with Crippen molar-refractivity contribution in [2.45, 2.75) is 6.42 Å². The highest BCUT2D eigenvalue weighted by Gasteiger charge is 2.19. The Hall–Kier alpha value is -4.63. The molecular weight excluding hydrogens is 460 g/mol. The molecule has 5 aromatic rings. The number of amides is 2. The van der Waals surface area contributed by atoms with Crippen molar-refractivity contribution in [2.75, 3.05) is 0 Å². The number of hydrogen-bond acceptors (Lipinski definition) is 6. The van der Waals surface area contributed by atoms with Crippen LogP contribution in [0.3, 0.4) is 0 Å². The van der Waals surface area contributed by atoms with Crippen LogP contribution in [-0.4, -0.2) is 31.6 Å². The normalized spacial score (nSPS) is 10.6. The number of benzene rings is 2. The summed E-state index contributed by atoms with van der Waals surface area (Å²) in [6.07, 6.45) is 3.37. The molecule has 2 N–H and O–H groups in total. The van der Waals surface area contributed by atoms with Gasteiger partial charge in [-0.2, -0.15) is 5.10 Å². The van der Waals surface area contributed by atoms with Crippen LogP contribution in [0, 0.1) is 0 Å². The maximum atomic E-state index is 13.0. The Balaban J connectivity index is 1.29. The highest BCUT2D eigenvalue weighted by molar-refractivity contribution is 7.13. The van der Waals surface area contributed by atoms with Crippen LogP contribution in [0.2, 0.25) is 0 Å². The number of para-hydroxylation sites is 1. The topological polar surface area (TPSA) is 102 Å². The van der Waals surface area contributed by atoms with Gasteiger partial charge in [-0.15, -0.1) is 11.3 Å². The molecule has 2 aromatic carbocycles. The predicted octanol–water partition coefficient (Wildman–Crippen LogP) is 4.06. The van der Waals surface area contributed by atoms with Crippen LogP contribution in [0.15, 0.2) is 96.6 Å². The number of thiazole rings is 1. The molecule has 5 rings (SSSR count). The smallest absolute Gasteiger partial charge is 0.273 e. The number of carbonyl (C=O) groups excluding carboxylic acids is 2. The Morgan fingerprint density at radius 3 is 2.37 bits per heavy atom. The van der Waals surface area contributed by atoms with Gasteiger partial charge in [0.25, 0.3) is 5.91 Å². The fourth-order valence-electron chi connectivity index (χ4n) is 3.46. The molecule has 35 heavy (non-hydrogen) atoms. The minimum atomic E-state index is -0.466. The fraction of sp³-hybridized carbons (Fsp3) is 0.0385. The number of nitrogens with one attached hydrogen (secondary N) is 2. The molecule has 0 saturated heterocycles. The van der Waals surface area contributed by atoms with Crippen LogP contribution in [0.1, 0.15) is 16.1 Å². The van der Waals surface area contributed by atoms with Gasteiger partial charge < -0.3 is 0 Å². The van der Waals surface area contributed by atoms with Crippen LogP contribution in [0.4, 0.5) is 0 Å². The summed E-state index contributed by atoms with van der Waals surface area (Å²) in [6, 6.07) is 24.5. The second-order valence-electron chi connectivity index (χ2n) is 7.58. The van der Waals surface area contributed by atoms with Crippen molar-refractivity contribution in [3.63, 3.8) is 0 Å². The highest BCUT2D eigenvalue weighted by Crippen LogP contribution is 2.24. The lowest BCUT2D eigenvalue weighted by atomic mass is 10.1. The van der Waals surface area contributed by atoms with E-state index in [1.165, 1.54) is 11.3 Å². The summed E-state index contributed by atoms with van der Waals surface area (Å²) in [6.45, 7) is 0. The average molecular weight is 481 g/mol. The maximum absolute atomic E-state index is 13.0. The number of hydrogen-bond donors (Lipinski definition) is 2. The van der Waals surface area contributed by atoms with E-state index in [1.807, 2.05) is 84.2 Å². The molecule has 3 heterocycles. The van der Waals surface area contributed by atoms with Gasteiger partial charge >= 0.3 is 0 Å². The zero-order chi connectivity index (χ0) is 24.0. The van der Waals surface area contributed by atoms with Gasteiger partial charge in [-0.1, -0.05) is 54.6 Å². The summed E-state index contributed by atoms with van der Waals surface area (Å²) in [7, 11) is 0. The number of aromatic nitrogens is 4. The van der Waals surface area contributed by atoms with Gasteiger partial charge in [0, 0.05) is 23.3 Å². The van der Waals surface area contributed by atoms with E-state index in [2.05, 4.69) is 25.9 Å². The van der Waals surface area contributed by atoms with Gasteiger partial charge in [-0.05, 0) is 24.3 Å². The lowest BCUT2D eigenvalue weighted by Gasteiger charge is -2.07. The summed E-state index contributed by atoms with van der Waals surface area (Å²) in [5.41, 5.74) is 8.80. The number of pyridine rings is 1. The van der Waals surface area contributed by atoms with E-state index in [4.69, 9.17) is 0 Å². The van der Waals surface area contributed by atoms with Crippen LogP contribution in [0.5, 0.6) is 0 Å². The second kappa shape index (κ2) is 10.1. The molecule has 0 saturated carbocycles. The van der Waals surface area contributed by atoms with Gasteiger partial charge in [0.15, 0.2) is 0 Å². The van der Waals surface area contributed by atoms with Gasteiger partial charge in [-0.25, -0.2) is 9.67 Å². The van der Waals surface area contributed by atoms with Crippen molar-refractivity contribution in [2.24, 2.45) is 0 Å².